The predicted octanol–water partition coefficient (Wildman–Crippen LogP) is 0.880. The largest absolute Gasteiger partial charge is 0.397 e. The Balaban J connectivity index is 2.21. The van der Waals surface area contributed by atoms with E-state index < -0.39 is 14.9 Å². The maximum Gasteiger partial charge on any atom is 0.271 e. The summed E-state index contributed by atoms with van der Waals surface area (Å²) in [6, 6.07) is 3.01. The molecule has 8 nitrogen and oxygen atoms in total. The van der Waals surface area contributed by atoms with E-state index in [1.54, 1.807) is 6.92 Å². The van der Waals surface area contributed by atoms with Crippen molar-refractivity contribution in [3.63, 3.8) is 0 Å². The second-order valence-corrected chi connectivity index (χ2v) is 6.70. The van der Waals surface area contributed by atoms with Gasteiger partial charge in [0.25, 0.3) is 5.69 Å². The van der Waals surface area contributed by atoms with Gasteiger partial charge in [-0.15, -0.1) is 0 Å². The molecule has 1 aromatic rings. The molecule has 0 radical (unpaired) electrons. The third-order valence-corrected chi connectivity index (χ3v) is 5.14. The number of rotatable bonds is 5. The van der Waals surface area contributed by atoms with Gasteiger partial charge in [-0.05, 0) is 19.4 Å². The molecule has 0 aromatic heterocycles. The third kappa shape index (κ3) is 3.49. The van der Waals surface area contributed by atoms with E-state index in [1.165, 1.54) is 0 Å². The Morgan fingerprint density at radius 2 is 2.24 bits per heavy atom. The first-order valence-electron chi connectivity index (χ1n) is 6.45. The number of hydrogen-bond donors (Lipinski definition) is 2. The van der Waals surface area contributed by atoms with E-state index in [0.29, 0.717) is 13.2 Å². The van der Waals surface area contributed by atoms with Gasteiger partial charge >= 0.3 is 0 Å². The molecule has 1 aromatic carbocycles. The molecule has 21 heavy (non-hydrogen) atoms. The monoisotopic (exact) mass is 315 g/mol. The molecule has 0 aliphatic carbocycles. The fourth-order valence-corrected chi connectivity index (χ4v) is 3.67. The summed E-state index contributed by atoms with van der Waals surface area (Å²) >= 11 is 0. The van der Waals surface area contributed by atoms with Crippen molar-refractivity contribution in [1.29, 1.82) is 0 Å². The standard InChI is InChI=1S/C12H17N3O5S/c1-8(9-4-5-20-7-9)14-21(18,19)12-3-2-10(15(16)17)6-11(12)13/h2-3,6,8-9,14H,4-5,7,13H2,1H3. The highest BCUT2D eigenvalue weighted by Crippen LogP contribution is 2.25. The average molecular weight is 315 g/mol. The lowest BCUT2D eigenvalue weighted by Crippen LogP contribution is -2.38. The quantitative estimate of drug-likeness (QED) is 0.472. The maximum absolute atomic E-state index is 12.3. The lowest BCUT2D eigenvalue weighted by Gasteiger charge is -2.19. The van der Waals surface area contributed by atoms with Crippen molar-refractivity contribution in [3.8, 4) is 0 Å². The Labute approximate surface area is 122 Å². The first-order valence-corrected chi connectivity index (χ1v) is 7.93. The van der Waals surface area contributed by atoms with Crippen molar-refractivity contribution in [2.75, 3.05) is 18.9 Å². The minimum Gasteiger partial charge on any atom is -0.397 e. The van der Waals surface area contributed by atoms with Crippen LogP contribution in [0.5, 0.6) is 0 Å². The summed E-state index contributed by atoms with van der Waals surface area (Å²) in [6.07, 6.45) is 0.791. The van der Waals surface area contributed by atoms with E-state index in [4.69, 9.17) is 10.5 Å². The minimum atomic E-state index is -3.82. The summed E-state index contributed by atoms with van der Waals surface area (Å²) in [4.78, 5) is 9.86. The highest BCUT2D eigenvalue weighted by Gasteiger charge is 2.28. The van der Waals surface area contributed by atoms with Gasteiger partial charge in [-0.2, -0.15) is 0 Å². The van der Waals surface area contributed by atoms with Crippen LogP contribution in [0.3, 0.4) is 0 Å². The molecule has 0 saturated carbocycles. The summed E-state index contributed by atoms with van der Waals surface area (Å²) in [5, 5.41) is 10.6. The number of nitrogens with zero attached hydrogens (tertiary/aromatic N) is 1. The van der Waals surface area contributed by atoms with E-state index in [0.717, 1.165) is 24.6 Å². The summed E-state index contributed by atoms with van der Waals surface area (Å²) in [7, 11) is -3.82. The summed E-state index contributed by atoms with van der Waals surface area (Å²) in [6.45, 7) is 2.90. The summed E-state index contributed by atoms with van der Waals surface area (Å²) in [5.41, 5.74) is 5.23. The van der Waals surface area contributed by atoms with Gasteiger partial charge in [0, 0.05) is 30.7 Å². The number of hydrogen-bond acceptors (Lipinski definition) is 6. The Morgan fingerprint density at radius 1 is 1.52 bits per heavy atom. The number of nitrogens with two attached hydrogens (primary N) is 1. The van der Waals surface area contributed by atoms with Crippen molar-refractivity contribution in [2.24, 2.45) is 5.92 Å². The highest BCUT2D eigenvalue weighted by molar-refractivity contribution is 7.89. The van der Waals surface area contributed by atoms with Gasteiger partial charge in [-0.3, -0.25) is 10.1 Å². The van der Waals surface area contributed by atoms with Crippen LogP contribution < -0.4 is 10.5 Å². The molecular formula is C12H17N3O5S. The predicted molar refractivity (Wildman–Crippen MR) is 76.2 cm³/mol. The normalized spacial score (nSPS) is 20.3. The first-order chi connectivity index (χ1) is 9.81. The van der Waals surface area contributed by atoms with Crippen molar-refractivity contribution in [1.82, 2.24) is 4.72 Å². The van der Waals surface area contributed by atoms with Crippen LogP contribution in [0, 0.1) is 16.0 Å². The van der Waals surface area contributed by atoms with Crippen LogP contribution in [0.15, 0.2) is 23.1 Å². The van der Waals surface area contributed by atoms with E-state index in [9.17, 15) is 18.5 Å². The molecule has 2 atom stereocenters. The fourth-order valence-electron chi connectivity index (χ4n) is 2.25. The molecule has 1 saturated heterocycles. The molecule has 1 fully saturated rings. The second-order valence-electron chi connectivity index (χ2n) is 5.01. The zero-order valence-corrected chi connectivity index (χ0v) is 12.3. The van der Waals surface area contributed by atoms with Gasteiger partial charge in [0.15, 0.2) is 0 Å². The topological polar surface area (TPSA) is 125 Å². The van der Waals surface area contributed by atoms with Crippen molar-refractivity contribution in [3.05, 3.63) is 28.3 Å². The number of nitro benzene ring substituents is 1. The van der Waals surface area contributed by atoms with Crippen LogP contribution in [-0.2, 0) is 14.8 Å². The Kier molecular flexibility index (Phi) is 4.45. The Hall–Kier alpha value is -1.71. The fraction of sp³-hybridized carbons (Fsp3) is 0.500. The van der Waals surface area contributed by atoms with Crippen molar-refractivity contribution >= 4 is 21.4 Å². The van der Waals surface area contributed by atoms with E-state index >= 15 is 0 Å². The van der Waals surface area contributed by atoms with Crippen LogP contribution in [0.25, 0.3) is 0 Å². The Morgan fingerprint density at radius 3 is 2.76 bits per heavy atom. The Bertz CT molecular complexity index is 640. The van der Waals surface area contributed by atoms with Crippen molar-refractivity contribution in [2.45, 2.75) is 24.3 Å². The van der Waals surface area contributed by atoms with Crippen molar-refractivity contribution < 1.29 is 18.1 Å². The number of non-ortho nitro benzene ring substituents is 1. The molecule has 0 amide bonds. The molecule has 2 rings (SSSR count). The molecular weight excluding hydrogens is 298 g/mol. The molecule has 9 heteroatoms. The summed E-state index contributed by atoms with van der Waals surface area (Å²) in [5.74, 6) is 0.110. The van der Waals surface area contributed by atoms with E-state index in [2.05, 4.69) is 4.72 Å². The number of anilines is 1. The number of nitro groups is 1. The molecule has 2 unspecified atom stereocenters. The van der Waals surface area contributed by atoms with E-state index in [-0.39, 0.29) is 28.2 Å². The summed E-state index contributed by atoms with van der Waals surface area (Å²) < 4.78 is 32.4. The SMILES string of the molecule is CC(NS(=O)(=O)c1ccc([N+](=O)[O-])cc1N)C1CCOC1. The first kappa shape index (κ1) is 15.7. The molecule has 1 heterocycles. The molecule has 1 aliphatic heterocycles. The van der Waals surface area contributed by atoms with Crippen LogP contribution in [0.4, 0.5) is 11.4 Å². The zero-order chi connectivity index (χ0) is 15.6. The van der Waals surface area contributed by atoms with Gasteiger partial charge < -0.3 is 10.5 Å². The number of nitrogens with one attached hydrogen (secondary N) is 1. The molecule has 0 bridgehead atoms. The highest BCUT2D eigenvalue weighted by atomic mass is 32.2. The molecule has 1 aliphatic rings. The minimum absolute atomic E-state index is 0.110. The van der Waals surface area contributed by atoms with Crippen LogP contribution in [0.2, 0.25) is 0 Å². The van der Waals surface area contributed by atoms with Gasteiger partial charge in [-0.1, -0.05) is 0 Å². The van der Waals surface area contributed by atoms with Gasteiger partial charge in [0.2, 0.25) is 10.0 Å². The third-order valence-electron chi connectivity index (χ3n) is 3.51. The van der Waals surface area contributed by atoms with Gasteiger partial charge in [0.05, 0.1) is 17.2 Å². The zero-order valence-electron chi connectivity index (χ0n) is 11.5. The van der Waals surface area contributed by atoms with Gasteiger partial charge in [-0.25, -0.2) is 13.1 Å². The number of ether oxygens (including phenoxy) is 1. The van der Waals surface area contributed by atoms with Crippen LogP contribution >= 0.6 is 0 Å². The van der Waals surface area contributed by atoms with Crippen LogP contribution in [-0.4, -0.2) is 32.6 Å². The van der Waals surface area contributed by atoms with E-state index in [1.807, 2.05) is 0 Å². The lowest BCUT2D eigenvalue weighted by molar-refractivity contribution is -0.384. The molecule has 3 N–H and O–H groups in total. The van der Waals surface area contributed by atoms with Crippen LogP contribution in [0.1, 0.15) is 13.3 Å². The number of sulfonamides is 1. The number of benzene rings is 1. The second kappa shape index (κ2) is 5.96. The molecule has 116 valence electrons. The smallest absolute Gasteiger partial charge is 0.271 e. The lowest BCUT2D eigenvalue weighted by atomic mass is 10.0. The number of nitrogen functional groups attached to an aromatic ring is 1. The van der Waals surface area contributed by atoms with Gasteiger partial charge in [0.1, 0.15) is 4.90 Å². The molecule has 0 spiro atoms. The maximum atomic E-state index is 12.3. The average Bonchev–Trinajstić information content (AvgIpc) is 2.91.